The fourth-order valence-electron chi connectivity index (χ4n) is 2.02. The Morgan fingerprint density at radius 3 is 2.59 bits per heavy atom. The van der Waals surface area contributed by atoms with Crippen LogP contribution in [0.15, 0.2) is 18.3 Å². The number of hydrogen-bond donors (Lipinski definition) is 1. The first kappa shape index (κ1) is 14.2. The number of pyridine rings is 1. The second-order valence-electron chi connectivity index (χ2n) is 5.92. The zero-order valence-electron chi connectivity index (χ0n) is 11.9. The van der Waals surface area contributed by atoms with Crippen molar-refractivity contribution in [1.82, 2.24) is 10.3 Å². The van der Waals surface area contributed by atoms with Crippen molar-refractivity contribution in [3.8, 4) is 0 Å². The fraction of sp³-hybridized carbons (Fsp3) is 0.667. The molecule has 1 atom stereocenters. The van der Waals surface area contributed by atoms with Crippen LogP contribution in [0.3, 0.4) is 0 Å². The smallest absolute Gasteiger partial charge is 0.0602 e. The van der Waals surface area contributed by atoms with Crippen LogP contribution in [0.5, 0.6) is 0 Å². The second-order valence-corrected chi connectivity index (χ2v) is 5.92. The summed E-state index contributed by atoms with van der Waals surface area (Å²) in [5, 5.41) is 3.55. The van der Waals surface area contributed by atoms with Gasteiger partial charge in [0.05, 0.1) is 5.69 Å². The van der Waals surface area contributed by atoms with Crippen LogP contribution in [0.4, 0.5) is 0 Å². The topological polar surface area (TPSA) is 24.9 Å². The molecule has 0 aromatic carbocycles. The third kappa shape index (κ3) is 4.86. The van der Waals surface area contributed by atoms with Gasteiger partial charge in [-0.05, 0) is 43.4 Å². The van der Waals surface area contributed by atoms with Crippen LogP contribution in [0, 0.1) is 12.3 Å². The van der Waals surface area contributed by atoms with Crippen molar-refractivity contribution in [3.05, 3.63) is 29.6 Å². The molecule has 1 heterocycles. The van der Waals surface area contributed by atoms with Gasteiger partial charge in [0.25, 0.3) is 0 Å². The zero-order valence-corrected chi connectivity index (χ0v) is 11.9. The van der Waals surface area contributed by atoms with Gasteiger partial charge in [-0.15, -0.1) is 0 Å². The molecule has 0 aliphatic carbocycles. The van der Waals surface area contributed by atoms with Crippen molar-refractivity contribution >= 4 is 0 Å². The summed E-state index contributed by atoms with van der Waals surface area (Å²) < 4.78 is 0. The van der Waals surface area contributed by atoms with E-state index in [-0.39, 0.29) is 0 Å². The highest BCUT2D eigenvalue weighted by Crippen LogP contribution is 2.27. The number of nitrogens with one attached hydrogen (secondary N) is 1. The second kappa shape index (κ2) is 6.15. The van der Waals surface area contributed by atoms with Gasteiger partial charge < -0.3 is 5.32 Å². The van der Waals surface area contributed by atoms with Crippen LogP contribution >= 0.6 is 0 Å². The standard InChI is InChI=1S/C15H26N2/c1-6-16-13(9-10-15(3,4)5)14-12(2)8-7-11-17-14/h7-8,11,13,16H,6,9-10H2,1-5H3. The minimum atomic E-state index is 0.385. The monoisotopic (exact) mass is 234 g/mol. The van der Waals surface area contributed by atoms with Crippen molar-refractivity contribution < 1.29 is 0 Å². The van der Waals surface area contributed by atoms with E-state index in [4.69, 9.17) is 0 Å². The summed E-state index contributed by atoms with van der Waals surface area (Å²) in [6.07, 6.45) is 4.25. The Morgan fingerprint density at radius 1 is 1.35 bits per heavy atom. The lowest BCUT2D eigenvalue weighted by atomic mass is 9.87. The molecule has 0 saturated heterocycles. The fourth-order valence-corrected chi connectivity index (χ4v) is 2.02. The average molecular weight is 234 g/mol. The molecule has 0 amide bonds. The molecule has 0 bridgehead atoms. The number of rotatable bonds is 5. The summed E-state index contributed by atoms with van der Waals surface area (Å²) in [5.41, 5.74) is 2.88. The van der Waals surface area contributed by atoms with E-state index in [0.717, 1.165) is 13.0 Å². The molecule has 0 aliphatic rings. The summed E-state index contributed by atoms with van der Waals surface area (Å²) in [6, 6.07) is 4.54. The molecule has 0 radical (unpaired) electrons. The van der Waals surface area contributed by atoms with Gasteiger partial charge in [0.2, 0.25) is 0 Å². The number of nitrogens with zero attached hydrogens (tertiary/aromatic N) is 1. The maximum Gasteiger partial charge on any atom is 0.0602 e. The van der Waals surface area contributed by atoms with Crippen LogP contribution in [-0.4, -0.2) is 11.5 Å². The third-order valence-electron chi connectivity index (χ3n) is 3.01. The van der Waals surface area contributed by atoms with Gasteiger partial charge >= 0.3 is 0 Å². The Morgan fingerprint density at radius 2 is 2.06 bits per heavy atom. The molecule has 2 nitrogen and oxygen atoms in total. The number of aromatic nitrogens is 1. The minimum Gasteiger partial charge on any atom is -0.309 e. The molecule has 1 rings (SSSR count). The van der Waals surface area contributed by atoms with Gasteiger partial charge in [0, 0.05) is 12.2 Å². The molecule has 1 aromatic rings. The Bertz CT molecular complexity index is 339. The quantitative estimate of drug-likeness (QED) is 0.836. The first-order valence-corrected chi connectivity index (χ1v) is 6.59. The minimum absolute atomic E-state index is 0.385. The summed E-state index contributed by atoms with van der Waals surface area (Å²) in [7, 11) is 0. The van der Waals surface area contributed by atoms with Gasteiger partial charge in [0.1, 0.15) is 0 Å². The SMILES string of the molecule is CCNC(CCC(C)(C)C)c1ncccc1C. The van der Waals surface area contributed by atoms with Crippen molar-refractivity contribution in [1.29, 1.82) is 0 Å². The lowest BCUT2D eigenvalue weighted by Crippen LogP contribution is -2.24. The Hall–Kier alpha value is -0.890. The maximum absolute atomic E-state index is 4.54. The average Bonchev–Trinajstić information content (AvgIpc) is 2.24. The van der Waals surface area contributed by atoms with Crippen LogP contribution in [0.1, 0.15) is 57.8 Å². The molecule has 0 saturated carbocycles. The van der Waals surface area contributed by atoms with Crippen LogP contribution in [0.2, 0.25) is 0 Å². The van der Waals surface area contributed by atoms with Crippen molar-refractivity contribution in [2.45, 2.75) is 53.5 Å². The number of aryl methyl sites for hydroxylation is 1. The predicted octanol–water partition coefficient (Wildman–Crippen LogP) is 3.87. The summed E-state index contributed by atoms with van der Waals surface area (Å²) in [4.78, 5) is 4.54. The van der Waals surface area contributed by atoms with E-state index in [1.165, 1.54) is 17.7 Å². The highest BCUT2D eigenvalue weighted by molar-refractivity contribution is 5.21. The van der Waals surface area contributed by atoms with Gasteiger partial charge in [-0.3, -0.25) is 4.98 Å². The molecule has 2 heteroatoms. The summed E-state index contributed by atoms with van der Waals surface area (Å²) >= 11 is 0. The van der Waals surface area contributed by atoms with E-state index in [9.17, 15) is 0 Å². The highest BCUT2D eigenvalue weighted by atomic mass is 14.9. The van der Waals surface area contributed by atoms with Crippen LogP contribution in [0.25, 0.3) is 0 Å². The lowest BCUT2D eigenvalue weighted by molar-refractivity contribution is 0.331. The largest absolute Gasteiger partial charge is 0.309 e. The van der Waals surface area contributed by atoms with E-state index in [2.05, 4.69) is 51.0 Å². The molecule has 96 valence electrons. The molecule has 0 aliphatic heterocycles. The van der Waals surface area contributed by atoms with E-state index in [0.29, 0.717) is 11.5 Å². The summed E-state index contributed by atoms with van der Waals surface area (Å²) in [5.74, 6) is 0. The lowest BCUT2D eigenvalue weighted by Gasteiger charge is -2.24. The van der Waals surface area contributed by atoms with Crippen molar-refractivity contribution in [2.24, 2.45) is 5.41 Å². The molecule has 0 fully saturated rings. The maximum atomic E-state index is 4.54. The summed E-state index contributed by atoms with van der Waals surface area (Å²) in [6.45, 7) is 12.2. The molecule has 1 unspecified atom stereocenters. The normalized spacial score (nSPS) is 13.7. The molecule has 17 heavy (non-hydrogen) atoms. The third-order valence-corrected chi connectivity index (χ3v) is 3.01. The molecular formula is C15H26N2. The number of hydrogen-bond acceptors (Lipinski definition) is 2. The molecule has 0 spiro atoms. The van der Waals surface area contributed by atoms with Gasteiger partial charge in [-0.2, -0.15) is 0 Å². The zero-order chi connectivity index (χ0) is 12.9. The highest BCUT2D eigenvalue weighted by Gasteiger charge is 2.18. The van der Waals surface area contributed by atoms with E-state index in [1.54, 1.807) is 0 Å². The van der Waals surface area contributed by atoms with E-state index in [1.807, 2.05) is 12.3 Å². The Balaban J connectivity index is 2.75. The predicted molar refractivity (Wildman–Crippen MR) is 74.1 cm³/mol. The van der Waals surface area contributed by atoms with Crippen LogP contribution in [-0.2, 0) is 0 Å². The molecule has 1 aromatic heterocycles. The van der Waals surface area contributed by atoms with Gasteiger partial charge in [0.15, 0.2) is 0 Å². The van der Waals surface area contributed by atoms with E-state index >= 15 is 0 Å². The molecular weight excluding hydrogens is 208 g/mol. The van der Waals surface area contributed by atoms with Crippen LogP contribution < -0.4 is 5.32 Å². The van der Waals surface area contributed by atoms with E-state index < -0.39 is 0 Å². The first-order valence-electron chi connectivity index (χ1n) is 6.59. The van der Waals surface area contributed by atoms with Crippen molar-refractivity contribution in [2.75, 3.05) is 6.54 Å². The first-order chi connectivity index (χ1) is 7.94. The van der Waals surface area contributed by atoms with Gasteiger partial charge in [-0.1, -0.05) is 33.8 Å². The van der Waals surface area contributed by atoms with Crippen molar-refractivity contribution in [3.63, 3.8) is 0 Å². The Kier molecular flexibility index (Phi) is 5.13. The molecule has 1 N–H and O–H groups in total. The Labute approximate surface area is 106 Å². The van der Waals surface area contributed by atoms with Gasteiger partial charge in [-0.25, -0.2) is 0 Å².